The standard InChI is InChI=1S/C25H40N2O6Si.C18H27N3O4.C6H15N.C2H6.CH4/c1-25(2,3)33-24(30)27-13-12-21(26-23(29)32-18-19-10-8-7-9-11-19)20(17-27)16-22(28)31-14-15-34(4,5)6;1-18(2,3)25-17(23)21-10-9-15(14(19)11-21)20-16(22)24-12-13-7-5-4-6-8-13;1-4-7(5-2)6-3;1-2;/h7-11,20-21H,12-18H2,1-6H3,(H,26,29);4-8,14-15H,9-12,19H2,1-3H3,(H,20,22);4-6H2,1-3H3;1-2H3;1H4/t20-,21+;14-,15+;;;/m00.../s1. The van der Waals surface area contributed by atoms with Crippen molar-refractivity contribution in [3.63, 3.8) is 0 Å². The van der Waals surface area contributed by atoms with Gasteiger partial charge in [0.2, 0.25) is 0 Å². The Hall–Kier alpha value is -4.87. The summed E-state index contributed by atoms with van der Waals surface area (Å²) >= 11 is 0. The highest BCUT2D eigenvalue weighted by Crippen LogP contribution is 2.24. The van der Waals surface area contributed by atoms with E-state index in [2.05, 4.69) is 55.9 Å². The number of hydrogen-bond acceptors (Lipinski definition) is 12. The van der Waals surface area contributed by atoms with Crippen molar-refractivity contribution < 1.29 is 47.7 Å². The lowest BCUT2D eigenvalue weighted by Gasteiger charge is -2.38. The number of nitrogens with one attached hydrogen (secondary N) is 2. The zero-order valence-corrected chi connectivity index (χ0v) is 45.0. The number of alkyl carbamates (subject to hydrolysis) is 2. The second kappa shape index (κ2) is 32.8. The van der Waals surface area contributed by atoms with E-state index in [-0.39, 0.29) is 63.2 Å². The van der Waals surface area contributed by atoms with E-state index in [0.717, 1.165) is 17.2 Å². The number of rotatable bonds is 14. The van der Waals surface area contributed by atoms with Crippen LogP contribution in [-0.4, -0.2) is 135 Å². The first-order chi connectivity index (χ1) is 31.9. The van der Waals surface area contributed by atoms with Crippen molar-refractivity contribution in [3.8, 4) is 0 Å². The van der Waals surface area contributed by atoms with Crippen LogP contribution in [0.25, 0.3) is 0 Å². The van der Waals surface area contributed by atoms with Crippen LogP contribution < -0.4 is 16.4 Å². The van der Waals surface area contributed by atoms with Crippen molar-refractivity contribution in [2.75, 3.05) is 52.4 Å². The predicted molar refractivity (Wildman–Crippen MR) is 279 cm³/mol. The molecule has 69 heavy (non-hydrogen) atoms. The zero-order valence-electron chi connectivity index (χ0n) is 44.0. The molecule has 0 spiro atoms. The van der Waals surface area contributed by atoms with Crippen LogP contribution in [0.15, 0.2) is 60.7 Å². The number of amides is 4. The normalized spacial score (nSPS) is 17.9. The van der Waals surface area contributed by atoms with Crippen LogP contribution >= 0.6 is 0 Å². The van der Waals surface area contributed by atoms with Crippen molar-refractivity contribution in [1.82, 2.24) is 25.3 Å². The third-order valence-corrected chi connectivity index (χ3v) is 12.3. The van der Waals surface area contributed by atoms with Gasteiger partial charge in [0.1, 0.15) is 24.4 Å². The molecule has 17 heteroatoms. The molecule has 16 nitrogen and oxygen atoms in total. The summed E-state index contributed by atoms with van der Waals surface area (Å²) in [5.41, 5.74) is 6.76. The van der Waals surface area contributed by atoms with Crippen LogP contribution in [0.5, 0.6) is 0 Å². The first-order valence-corrected chi connectivity index (χ1v) is 28.2. The van der Waals surface area contributed by atoms with E-state index in [0.29, 0.717) is 45.6 Å². The fourth-order valence-electron chi connectivity index (χ4n) is 6.82. The topological polar surface area (TPSA) is 191 Å². The van der Waals surface area contributed by atoms with E-state index in [1.807, 2.05) is 116 Å². The molecule has 394 valence electrons. The Morgan fingerprint density at radius 1 is 0.667 bits per heavy atom. The lowest BCUT2D eigenvalue weighted by atomic mass is 9.89. The maximum atomic E-state index is 12.6. The SMILES string of the molecule is C.CC.CC(C)(C)OC(=O)N1CC[C@@H](NC(=O)OCc2ccccc2)[C@@H](CC(=O)OCC[Si](C)(C)C)C1.CC(C)(C)OC(=O)N1CC[C@@H](NC(=O)OCc2ccccc2)[C@@H](N)C1.CCN(CC)CC. The summed E-state index contributed by atoms with van der Waals surface area (Å²) in [7, 11) is -1.32. The number of benzene rings is 2. The molecule has 4 atom stereocenters. The van der Waals surface area contributed by atoms with Crippen LogP contribution in [-0.2, 0) is 41.7 Å². The van der Waals surface area contributed by atoms with Crippen molar-refractivity contribution in [2.45, 2.75) is 171 Å². The Bertz CT molecular complexity index is 1740. The molecule has 4 amide bonds. The number of nitrogens with zero attached hydrogens (tertiary/aromatic N) is 3. The maximum absolute atomic E-state index is 12.6. The van der Waals surface area contributed by atoms with E-state index >= 15 is 0 Å². The highest BCUT2D eigenvalue weighted by Gasteiger charge is 2.37. The molecule has 4 rings (SSSR count). The van der Waals surface area contributed by atoms with Crippen LogP contribution in [0.1, 0.15) is 114 Å². The smallest absolute Gasteiger partial charge is 0.410 e. The molecule has 2 aromatic rings. The van der Waals surface area contributed by atoms with Crippen LogP contribution in [0.3, 0.4) is 0 Å². The lowest BCUT2D eigenvalue weighted by Crippen LogP contribution is -2.59. The summed E-state index contributed by atoms with van der Waals surface area (Å²) < 4.78 is 26.9. The number of piperidine rings is 2. The molecule has 0 radical (unpaired) electrons. The zero-order chi connectivity index (χ0) is 51.5. The molecule has 4 N–H and O–H groups in total. The van der Waals surface area contributed by atoms with Crippen molar-refractivity contribution in [2.24, 2.45) is 11.7 Å². The highest BCUT2D eigenvalue weighted by molar-refractivity contribution is 6.76. The minimum atomic E-state index is -1.32. The molecular weight excluding hydrogens is 897 g/mol. The predicted octanol–water partition coefficient (Wildman–Crippen LogP) is 10.1. The Morgan fingerprint density at radius 3 is 1.45 bits per heavy atom. The van der Waals surface area contributed by atoms with E-state index in [4.69, 9.17) is 29.4 Å². The van der Waals surface area contributed by atoms with E-state index in [9.17, 15) is 24.0 Å². The van der Waals surface area contributed by atoms with Gasteiger partial charge in [0.05, 0.1) is 19.1 Å². The summed E-state index contributed by atoms with van der Waals surface area (Å²) in [6, 6.07) is 18.8. The molecule has 2 fully saturated rings. The number of ether oxygens (including phenoxy) is 5. The van der Waals surface area contributed by atoms with Gasteiger partial charge in [-0.05, 0) is 91.2 Å². The molecule has 0 bridgehead atoms. The Kier molecular flexibility index (Phi) is 30.5. The first-order valence-electron chi connectivity index (χ1n) is 24.5. The van der Waals surface area contributed by atoms with Gasteiger partial charge in [-0.15, -0.1) is 0 Å². The van der Waals surface area contributed by atoms with Crippen LogP contribution in [0, 0.1) is 5.92 Å². The second-order valence-electron chi connectivity index (χ2n) is 19.8. The monoisotopic (exact) mass is 989 g/mol. The van der Waals surface area contributed by atoms with Gasteiger partial charge in [0.25, 0.3) is 0 Å². The summed E-state index contributed by atoms with van der Waals surface area (Å²) in [5, 5.41) is 5.67. The van der Waals surface area contributed by atoms with E-state index in [1.165, 1.54) is 19.6 Å². The number of nitrogens with two attached hydrogens (primary N) is 1. The summed E-state index contributed by atoms with van der Waals surface area (Å²) in [6.45, 7) is 34.0. The fraction of sp³-hybridized carbons (Fsp3) is 0.673. The quantitative estimate of drug-likeness (QED) is 0.0924. The summed E-state index contributed by atoms with van der Waals surface area (Å²) in [6.07, 6.45) is -0.698. The van der Waals surface area contributed by atoms with Crippen molar-refractivity contribution >= 4 is 38.4 Å². The summed E-state index contributed by atoms with van der Waals surface area (Å²) in [4.78, 5) is 67.2. The number of esters is 1. The van der Waals surface area contributed by atoms with Gasteiger partial charge in [0.15, 0.2) is 0 Å². The molecule has 2 aliphatic heterocycles. The molecule has 0 aromatic heterocycles. The molecule has 2 aliphatic rings. The lowest BCUT2D eigenvalue weighted by molar-refractivity contribution is -0.145. The molecule has 2 aromatic carbocycles. The molecular formula is C52H92N6O10Si. The molecule has 2 heterocycles. The Balaban J connectivity index is 0.00000116. The third kappa shape index (κ3) is 29.0. The fourth-order valence-corrected chi connectivity index (χ4v) is 7.54. The average Bonchev–Trinajstić information content (AvgIpc) is 3.27. The third-order valence-electron chi connectivity index (χ3n) is 10.6. The summed E-state index contributed by atoms with van der Waals surface area (Å²) in [5.74, 6) is -0.622. The van der Waals surface area contributed by atoms with Crippen LogP contribution in [0.2, 0.25) is 25.7 Å². The minimum Gasteiger partial charge on any atom is -0.466 e. The maximum Gasteiger partial charge on any atom is 0.410 e. The molecule has 2 saturated heterocycles. The van der Waals surface area contributed by atoms with Gasteiger partial charge < -0.3 is 54.8 Å². The van der Waals surface area contributed by atoms with Gasteiger partial charge in [-0.2, -0.15) is 0 Å². The molecule has 0 unspecified atom stereocenters. The van der Waals surface area contributed by atoms with Crippen LogP contribution in [0.4, 0.5) is 19.2 Å². The number of likely N-dealkylation sites (tertiary alicyclic amines) is 2. The van der Waals surface area contributed by atoms with E-state index < -0.39 is 37.6 Å². The Morgan fingerprint density at radius 2 is 1.07 bits per heavy atom. The molecule has 0 saturated carbocycles. The first kappa shape index (κ1) is 64.1. The second-order valence-corrected chi connectivity index (χ2v) is 25.5. The highest BCUT2D eigenvalue weighted by atomic mass is 28.3. The largest absolute Gasteiger partial charge is 0.466 e. The van der Waals surface area contributed by atoms with E-state index in [1.54, 1.807) is 9.80 Å². The molecule has 0 aliphatic carbocycles. The van der Waals surface area contributed by atoms with Gasteiger partial charge in [-0.1, -0.05) is 122 Å². The van der Waals surface area contributed by atoms with Gasteiger partial charge in [0, 0.05) is 52.3 Å². The number of carbonyl (C=O) groups excluding carboxylic acids is 5. The van der Waals surface area contributed by atoms with Crippen molar-refractivity contribution in [1.29, 1.82) is 0 Å². The Labute approximate surface area is 417 Å². The number of carbonyl (C=O) groups is 5. The van der Waals surface area contributed by atoms with Gasteiger partial charge in [-0.3, -0.25) is 4.79 Å². The van der Waals surface area contributed by atoms with Gasteiger partial charge >= 0.3 is 30.3 Å². The number of hydrogen-bond donors (Lipinski definition) is 3. The van der Waals surface area contributed by atoms with Gasteiger partial charge in [-0.25, -0.2) is 19.2 Å². The average molecular weight is 989 g/mol. The van der Waals surface area contributed by atoms with Crippen molar-refractivity contribution in [3.05, 3.63) is 71.8 Å². The minimum absolute atomic E-state index is 0.